The minimum atomic E-state index is -0.189. The zero-order chi connectivity index (χ0) is 18.7. The summed E-state index contributed by atoms with van der Waals surface area (Å²) in [5.41, 5.74) is 3.28. The Bertz CT molecular complexity index is 946. The monoisotopic (exact) mass is 369 g/mol. The van der Waals surface area contributed by atoms with E-state index in [9.17, 15) is 9.59 Å². The first-order valence-corrected chi connectivity index (χ1v) is 9.05. The smallest absolute Gasteiger partial charge is 0.253 e. The second-order valence-corrected chi connectivity index (χ2v) is 6.76. The second-order valence-electron chi connectivity index (χ2n) is 5.90. The highest BCUT2D eigenvalue weighted by atomic mass is 32.1. The Morgan fingerprint density at radius 1 is 1.23 bits per heavy atom. The number of Topliss-reactive ketones (excluding diaryl/α,β-unsaturated/α-hetero) is 1. The average molecular weight is 369 g/mol. The minimum absolute atomic E-state index is 0.0808. The first kappa shape index (κ1) is 17.9. The lowest BCUT2D eigenvalue weighted by molar-refractivity contribution is 0.0953. The van der Waals surface area contributed by atoms with Gasteiger partial charge in [0, 0.05) is 43.4 Å². The van der Waals surface area contributed by atoms with Gasteiger partial charge >= 0.3 is 0 Å². The van der Waals surface area contributed by atoms with Crippen LogP contribution in [0.1, 0.15) is 44.7 Å². The Morgan fingerprint density at radius 2 is 1.96 bits per heavy atom. The summed E-state index contributed by atoms with van der Waals surface area (Å²) in [4.78, 5) is 39.9. The summed E-state index contributed by atoms with van der Waals surface area (Å²) >= 11 is 1.48. The first-order valence-electron chi connectivity index (χ1n) is 8.17. The summed E-state index contributed by atoms with van der Waals surface area (Å²) in [6, 6.07) is 1.76. The van der Waals surface area contributed by atoms with E-state index in [1.54, 1.807) is 32.3 Å². The van der Waals surface area contributed by atoms with Gasteiger partial charge in [0.25, 0.3) is 5.91 Å². The molecular formula is C18H19N5O2S. The molecule has 7 nitrogen and oxygen atoms in total. The van der Waals surface area contributed by atoms with Crippen molar-refractivity contribution in [2.24, 2.45) is 0 Å². The number of carbonyl (C=O) groups excluding carboxylic acids is 2. The van der Waals surface area contributed by atoms with E-state index in [0.29, 0.717) is 41.3 Å². The molecule has 0 saturated heterocycles. The standard InChI is InChI=1S/C18H19N5O2S/c1-10-14(11(2)22-15(10)12(3)24)17(25)21-8-5-13-9-26-18(23-13)16-19-6-4-7-20-16/h4,6-7,9,22H,5,8H2,1-3H3,(H,21,25). The summed E-state index contributed by atoms with van der Waals surface area (Å²) in [6.45, 7) is 5.51. The molecule has 26 heavy (non-hydrogen) atoms. The van der Waals surface area contributed by atoms with Crippen LogP contribution < -0.4 is 5.32 Å². The maximum atomic E-state index is 12.5. The van der Waals surface area contributed by atoms with Crippen molar-refractivity contribution in [3.05, 3.63) is 52.0 Å². The molecule has 0 saturated carbocycles. The van der Waals surface area contributed by atoms with Gasteiger partial charge < -0.3 is 10.3 Å². The zero-order valence-electron chi connectivity index (χ0n) is 14.8. The number of ketones is 1. The molecule has 0 aromatic carbocycles. The molecule has 0 fully saturated rings. The molecule has 0 spiro atoms. The predicted octanol–water partition coefficient (Wildman–Crippen LogP) is 2.72. The molecule has 0 aliphatic carbocycles. The van der Waals surface area contributed by atoms with Crippen molar-refractivity contribution >= 4 is 23.0 Å². The van der Waals surface area contributed by atoms with E-state index in [1.807, 2.05) is 5.38 Å². The molecule has 134 valence electrons. The molecule has 3 rings (SSSR count). The molecule has 0 bridgehead atoms. The third kappa shape index (κ3) is 3.70. The Labute approximate surface area is 154 Å². The van der Waals surface area contributed by atoms with E-state index in [-0.39, 0.29) is 11.7 Å². The zero-order valence-corrected chi connectivity index (χ0v) is 15.6. The fourth-order valence-electron chi connectivity index (χ4n) is 2.77. The van der Waals surface area contributed by atoms with Crippen molar-refractivity contribution in [1.82, 2.24) is 25.3 Å². The molecule has 0 aliphatic rings. The Hall–Kier alpha value is -2.87. The highest BCUT2D eigenvalue weighted by Crippen LogP contribution is 2.20. The van der Waals surface area contributed by atoms with Crippen LogP contribution in [0, 0.1) is 13.8 Å². The Balaban J connectivity index is 1.61. The van der Waals surface area contributed by atoms with Gasteiger partial charge in [-0.1, -0.05) is 0 Å². The van der Waals surface area contributed by atoms with Crippen LogP contribution in [-0.4, -0.2) is 38.2 Å². The highest BCUT2D eigenvalue weighted by Gasteiger charge is 2.19. The second kappa shape index (κ2) is 7.57. The summed E-state index contributed by atoms with van der Waals surface area (Å²) < 4.78 is 0. The molecule has 0 unspecified atom stereocenters. The number of amides is 1. The Morgan fingerprint density at radius 3 is 2.62 bits per heavy atom. The lowest BCUT2D eigenvalue weighted by Gasteiger charge is -2.05. The summed E-state index contributed by atoms with van der Waals surface area (Å²) in [7, 11) is 0. The minimum Gasteiger partial charge on any atom is -0.355 e. The number of carbonyl (C=O) groups is 2. The lowest BCUT2D eigenvalue weighted by Crippen LogP contribution is -2.26. The number of thiazole rings is 1. The molecule has 0 radical (unpaired) electrons. The van der Waals surface area contributed by atoms with Gasteiger partial charge in [-0.3, -0.25) is 9.59 Å². The molecule has 3 aromatic heterocycles. The van der Waals surface area contributed by atoms with Gasteiger partial charge in [-0.05, 0) is 25.5 Å². The van der Waals surface area contributed by atoms with Crippen LogP contribution in [-0.2, 0) is 6.42 Å². The number of aromatic amines is 1. The van der Waals surface area contributed by atoms with Crippen molar-refractivity contribution in [2.45, 2.75) is 27.2 Å². The summed E-state index contributed by atoms with van der Waals surface area (Å²) in [5, 5.41) is 5.60. The van der Waals surface area contributed by atoms with Gasteiger partial charge in [0.05, 0.1) is 17.0 Å². The van der Waals surface area contributed by atoms with Crippen molar-refractivity contribution in [2.75, 3.05) is 6.54 Å². The topological polar surface area (TPSA) is 101 Å². The number of hydrogen-bond donors (Lipinski definition) is 2. The highest BCUT2D eigenvalue weighted by molar-refractivity contribution is 7.13. The fraction of sp³-hybridized carbons (Fsp3) is 0.278. The number of H-pyrrole nitrogens is 1. The SMILES string of the molecule is CC(=O)c1[nH]c(C)c(C(=O)NCCc2csc(-c3ncccn3)n2)c1C. The average Bonchev–Trinajstić information content (AvgIpc) is 3.20. The first-order chi connectivity index (χ1) is 12.5. The fourth-order valence-corrected chi connectivity index (χ4v) is 3.57. The molecule has 0 atom stereocenters. The van der Waals surface area contributed by atoms with Crippen LogP contribution in [0.15, 0.2) is 23.8 Å². The normalized spacial score (nSPS) is 10.7. The third-order valence-corrected chi connectivity index (χ3v) is 4.88. The molecule has 8 heteroatoms. The van der Waals surface area contributed by atoms with Gasteiger partial charge in [0.2, 0.25) is 0 Å². The largest absolute Gasteiger partial charge is 0.355 e. The van der Waals surface area contributed by atoms with E-state index < -0.39 is 0 Å². The van der Waals surface area contributed by atoms with Crippen LogP contribution >= 0.6 is 11.3 Å². The number of hydrogen-bond acceptors (Lipinski definition) is 6. The van der Waals surface area contributed by atoms with E-state index in [1.165, 1.54) is 18.3 Å². The number of aryl methyl sites for hydroxylation is 1. The summed E-state index contributed by atoms with van der Waals surface area (Å²) in [6.07, 6.45) is 3.97. The number of nitrogens with zero attached hydrogens (tertiary/aromatic N) is 3. The van der Waals surface area contributed by atoms with Crippen LogP contribution in [0.5, 0.6) is 0 Å². The van der Waals surface area contributed by atoms with Crippen molar-refractivity contribution in [3.63, 3.8) is 0 Å². The van der Waals surface area contributed by atoms with Gasteiger partial charge in [-0.15, -0.1) is 11.3 Å². The van der Waals surface area contributed by atoms with E-state index in [2.05, 4.69) is 25.3 Å². The lowest BCUT2D eigenvalue weighted by atomic mass is 10.1. The van der Waals surface area contributed by atoms with Crippen LogP contribution in [0.3, 0.4) is 0 Å². The molecular weight excluding hydrogens is 350 g/mol. The molecule has 3 aromatic rings. The quantitative estimate of drug-likeness (QED) is 0.651. The van der Waals surface area contributed by atoms with Crippen LogP contribution in [0.4, 0.5) is 0 Å². The number of aromatic nitrogens is 4. The van der Waals surface area contributed by atoms with E-state index in [4.69, 9.17) is 0 Å². The maximum absolute atomic E-state index is 12.5. The molecule has 0 aliphatic heterocycles. The van der Waals surface area contributed by atoms with Gasteiger partial charge in [-0.2, -0.15) is 0 Å². The van der Waals surface area contributed by atoms with Crippen LogP contribution in [0.2, 0.25) is 0 Å². The van der Waals surface area contributed by atoms with Gasteiger partial charge in [0.1, 0.15) is 0 Å². The predicted molar refractivity (Wildman–Crippen MR) is 99.4 cm³/mol. The van der Waals surface area contributed by atoms with Crippen molar-refractivity contribution < 1.29 is 9.59 Å². The van der Waals surface area contributed by atoms with E-state index in [0.717, 1.165) is 10.7 Å². The van der Waals surface area contributed by atoms with E-state index >= 15 is 0 Å². The van der Waals surface area contributed by atoms with Crippen molar-refractivity contribution in [3.8, 4) is 10.8 Å². The van der Waals surface area contributed by atoms with Crippen molar-refractivity contribution in [1.29, 1.82) is 0 Å². The third-order valence-electron chi connectivity index (χ3n) is 3.99. The maximum Gasteiger partial charge on any atom is 0.253 e. The van der Waals surface area contributed by atoms with Gasteiger partial charge in [-0.25, -0.2) is 15.0 Å². The molecule has 3 heterocycles. The molecule has 1 amide bonds. The number of nitrogens with one attached hydrogen (secondary N) is 2. The van der Waals surface area contributed by atoms with Crippen LogP contribution in [0.25, 0.3) is 10.8 Å². The summed E-state index contributed by atoms with van der Waals surface area (Å²) in [5.74, 6) is 0.330. The number of rotatable bonds is 6. The molecule has 2 N–H and O–H groups in total. The Kier molecular flexibility index (Phi) is 5.22. The van der Waals surface area contributed by atoms with Gasteiger partial charge in [0.15, 0.2) is 16.6 Å².